The van der Waals surface area contributed by atoms with E-state index < -0.39 is 6.04 Å². The van der Waals surface area contributed by atoms with E-state index in [1.165, 1.54) is 23.9 Å². The zero-order chi connectivity index (χ0) is 26.0. The van der Waals surface area contributed by atoms with E-state index in [0.717, 1.165) is 37.3 Å². The molecule has 9 heteroatoms. The molecule has 2 fully saturated rings. The maximum absolute atomic E-state index is 13.9. The molecule has 1 unspecified atom stereocenters. The predicted octanol–water partition coefficient (Wildman–Crippen LogP) is 4.78. The summed E-state index contributed by atoms with van der Waals surface area (Å²) < 4.78 is 1.50. The number of carbonyl (C=O) groups is 2. The van der Waals surface area contributed by atoms with Gasteiger partial charge in [-0.1, -0.05) is 36.7 Å². The first-order valence-corrected chi connectivity index (χ1v) is 13.3. The first kappa shape index (κ1) is 25.3. The summed E-state index contributed by atoms with van der Waals surface area (Å²) in [6, 6.07) is 12.2. The molecule has 2 atom stereocenters. The Balaban J connectivity index is 1.43. The summed E-state index contributed by atoms with van der Waals surface area (Å²) in [7, 11) is 1.70. The number of carbonyl (C=O) groups excluding carboxylic acids is 2. The molecule has 1 aromatic carbocycles. The van der Waals surface area contributed by atoms with Crippen LogP contribution in [0.5, 0.6) is 0 Å². The summed E-state index contributed by atoms with van der Waals surface area (Å²) in [4.78, 5) is 34.0. The van der Waals surface area contributed by atoms with E-state index in [-0.39, 0.29) is 23.1 Å². The lowest BCUT2D eigenvalue weighted by molar-refractivity contribution is -0.119. The van der Waals surface area contributed by atoms with Gasteiger partial charge < -0.3 is 15.5 Å². The van der Waals surface area contributed by atoms with Gasteiger partial charge in [-0.3, -0.25) is 14.3 Å². The second-order valence-corrected chi connectivity index (χ2v) is 10.8. The van der Waals surface area contributed by atoms with Crippen LogP contribution in [0, 0.1) is 5.41 Å². The minimum absolute atomic E-state index is 0.164. The van der Waals surface area contributed by atoms with Gasteiger partial charge in [0.1, 0.15) is 17.6 Å². The van der Waals surface area contributed by atoms with E-state index in [1.807, 2.05) is 36.4 Å². The van der Waals surface area contributed by atoms with Gasteiger partial charge in [-0.15, -0.1) is 0 Å². The molecule has 1 aliphatic carbocycles. The van der Waals surface area contributed by atoms with Crippen LogP contribution < -0.4 is 15.5 Å². The highest BCUT2D eigenvalue weighted by Crippen LogP contribution is 2.58. The third kappa shape index (κ3) is 5.49. The predicted molar refractivity (Wildman–Crippen MR) is 145 cm³/mol. The fourth-order valence-electron chi connectivity index (χ4n) is 5.29. The molecule has 3 aromatic rings. The molecular weight excluding hydrogens is 488 g/mol. The number of aryl methyl sites for hydroxylation is 1. The van der Waals surface area contributed by atoms with Gasteiger partial charge in [0.15, 0.2) is 0 Å². The summed E-state index contributed by atoms with van der Waals surface area (Å²) >= 11 is 6.64. The van der Waals surface area contributed by atoms with E-state index in [0.29, 0.717) is 16.4 Å². The van der Waals surface area contributed by atoms with Gasteiger partial charge >= 0.3 is 0 Å². The molecule has 0 radical (unpaired) electrons. The summed E-state index contributed by atoms with van der Waals surface area (Å²) in [5.74, 6) is -0.0572. The number of amides is 2. The van der Waals surface area contributed by atoms with Crippen molar-refractivity contribution in [3.05, 3.63) is 71.1 Å². The first-order valence-electron chi connectivity index (χ1n) is 12.9. The average molecular weight is 521 g/mol. The molecule has 1 saturated heterocycles. The molecule has 194 valence electrons. The molecule has 2 amide bonds. The van der Waals surface area contributed by atoms with Crippen LogP contribution in [0.1, 0.15) is 61.0 Å². The normalized spacial score (nSPS) is 18.1. The number of nitrogens with zero attached hydrogens (tertiary/aromatic N) is 4. The minimum Gasteiger partial charge on any atom is -0.357 e. The summed E-state index contributed by atoms with van der Waals surface area (Å²) in [5.41, 5.74) is 1.66. The van der Waals surface area contributed by atoms with E-state index in [9.17, 15) is 9.59 Å². The third-order valence-corrected chi connectivity index (χ3v) is 8.03. The highest BCUT2D eigenvalue weighted by molar-refractivity contribution is 6.31. The van der Waals surface area contributed by atoms with E-state index in [1.54, 1.807) is 25.5 Å². The smallest absolute Gasteiger partial charge is 0.270 e. The Labute approximate surface area is 222 Å². The molecule has 3 heterocycles. The lowest BCUT2D eigenvalue weighted by Gasteiger charge is -2.33. The Hall–Kier alpha value is -3.39. The van der Waals surface area contributed by atoms with Crippen molar-refractivity contribution in [1.29, 1.82) is 0 Å². The molecule has 2 aliphatic rings. The van der Waals surface area contributed by atoms with E-state index >= 15 is 0 Å². The van der Waals surface area contributed by atoms with Crippen LogP contribution in [0.4, 0.5) is 11.5 Å². The van der Waals surface area contributed by atoms with Gasteiger partial charge in [-0.25, -0.2) is 4.98 Å². The Kier molecular flexibility index (Phi) is 7.20. The number of aromatic nitrogens is 3. The summed E-state index contributed by atoms with van der Waals surface area (Å²) in [5, 5.41) is 10.7. The molecule has 0 spiro atoms. The fraction of sp³-hybridized carbons (Fsp3) is 0.429. The molecule has 1 saturated carbocycles. The zero-order valence-corrected chi connectivity index (χ0v) is 22.0. The van der Waals surface area contributed by atoms with Crippen LogP contribution in [-0.2, 0) is 11.8 Å². The Morgan fingerprint density at radius 1 is 1.05 bits per heavy atom. The number of piperidine rings is 1. The lowest BCUT2D eigenvalue weighted by Crippen LogP contribution is -2.50. The largest absolute Gasteiger partial charge is 0.357 e. The zero-order valence-electron chi connectivity index (χ0n) is 21.3. The fourth-order valence-corrected chi connectivity index (χ4v) is 5.55. The summed E-state index contributed by atoms with van der Waals surface area (Å²) in [6.45, 7) is 4.14. The quantitative estimate of drug-likeness (QED) is 0.446. The molecular formula is C28H33ClN6O2. The van der Waals surface area contributed by atoms with Crippen molar-refractivity contribution in [3.8, 4) is 0 Å². The number of hydrogen-bond donors (Lipinski definition) is 2. The highest BCUT2D eigenvalue weighted by atomic mass is 35.5. The van der Waals surface area contributed by atoms with Crippen LogP contribution >= 0.6 is 11.6 Å². The van der Waals surface area contributed by atoms with Crippen molar-refractivity contribution < 1.29 is 9.59 Å². The van der Waals surface area contributed by atoms with E-state index in [4.69, 9.17) is 11.6 Å². The van der Waals surface area contributed by atoms with Gasteiger partial charge in [-0.2, -0.15) is 5.10 Å². The van der Waals surface area contributed by atoms with Gasteiger partial charge in [0, 0.05) is 37.3 Å². The molecule has 8 nitrogen and oxygen atoms in total. The average Bonchev–Trinajstić information content (AvgIpc) is 3.50. The van der Waals surface area contributed by atoms with Crippen molar-refractivity contribution >= 4 is 34.9 Å². The first-order chi connectivity index (χ1) is 17.9. The number of nitrogens with one attached hydrogen (secondary N) is 2. The minimum atomic E-state index is -0.850. The molecule has 1 aliphatic heterocycles. The Morgan fingerprint density at radius 2 is 1.81 bits per heavy atom. The van der Waals surface area contributed by atoms with Crippen molar-refractivity contribution in [2.75, 3.05) is 23.3 Å². The number of rotatable bonds is 8. The van der Waals surface area contributed by atoms with Crippen LogP contribution in [0.15, 0.2) is 54.9 Å². The topological polar surface area (TPSA) is 92.1 Å². The third-order valence-electron chi connectivity index (χ3n) is 7.68. The van der Waals surface area contributed by atoms with Crippen molar-refractivity contribution in [3.63, 3.8) is 0 Å². The van der Waals surface area contributed by atoms with Gasteiger partial charge in [-0.05, 0) is 67.3 Å². The second-order valence-electron chi connectivity index (χ2n) is 10.4. The molecule has 37 heavy (non-hydrogen) atoms. The second kappa shape index (κ2) is 10.5. The molecule has 5 rings (SSSR count). The Bertz CT molecular complexity index is 1260. The lowest BCUT2D eigenvalue weighted by atomic mass is 9.78. The summed E-state index contributed by atoms with van der Waals surface area (Å²) in [6.07, 6.45) is 8.72. The molecule has 0 bridgehead atoms. The number of hydrogen-bond acceptors (Lipinski definition) is 5. The van der Waals surface area contributed by atoms with Crippen molar-refractivity contribution in [2.45, 2.75) is 51.0 Å². The van der Waals surface area contributed by atoms with E-state index in [2.05, 4.69) is 32.5 Å². The van der Waals surface area contributed by atoms with Crippen LogP contribution in [0.2, 0.25) is 5.02 Å². The van der Waals surface area contributed by atoms with Crippen LogP contribution in [0.3, 0.4) is 0 Å². The number of benzene rings is 1. The number of anilines is 2. The van der Waals surface area contributed by atoms with Crippen molar-refractivity contribution in [2.24, 2.45) is 12.5 Å². The van der Waals surface area contributed by atoms with Crippen molar-refractivity contribution in [1.82, 2.24) is 20.1 Å². The Morgan fingerprint density at radius 3 is 2.43 bits per heavy atom. The van der Waals surface area contributed by atoms with Gasteiger partial charge in [0.25, 0.3) is 5.91 Å². The maximum atomic E-state index is 13.9. The number of halogens is 1. The number of pyridine rings is 1. The monoisotopic (exact) mass is 520 g/mol. The maximum Gasteiger partial charge on any atom is 0.270 e. The highest BCUT2D eigenvalue weighted by Gasteiger charge is 2.51. The molecule has 2 aromatic heterocycles. The SMILES string of the molecule is Cn1nccc1C(=O)N[C@H](C(=O)Nc1ccc(N2CCCCC2)nc1)C(c1ccccc1Cl)C1(C)CC1. The van der Waals surface area contributed by atoms with Crippen LogP contribution in [0.25, 0.3) is 0 Å². The van der Waals surface area contributed by atoms with Gasteiger partial charge in [0.05, 0.1) is 11.9 Å². The van der Waals surface area contributed by atoms with Gasteiger partial charge in [0.2, 0.25) is 5.91 Å². The van der Waals surface area contributed by atoms with Crippen LogP contribution in [-0.4, -0.2) is 45.7 Å². The molecule has 2 N–H and O–H groups in total. The standard InChI is InChI=1S/C28H33ClN6O2/c1-28(13-14-28)24(20-8-4-5-9-21(20)29)25(33-26(36)22-12-15-31-34(22)2)27(37)32-19-10-11-23(30-18-19)35-16-6-3-7-17-35/h4-5,8-12,15,18,24-25H,3,6-7,13-14,16-17H2,1-2H3,(H,32,37)(H,33,36)/t24?,25-/m0/s1.